The number of amides is 1. The fourth-order valence-corrected chi connectivity index (χ4v) is 2.76. The van der Waals surface area contributed by atoms with Gasteiger partial charge in [-0.15, -0.1) is 13.2 Å². The summed E-state index contributed by atoms with van der Waals surface area (Å²) in [6.07, 6.45) is -2.25. The number of hydrogen-bond acceptors (Lipinski definition) is 2. The van der Waals surface area contributed by atoms with Gasteiger partial charge in [-0.05, 0) is 42.4 Å². The van der Waals surface area contributed by atoms with Gasteiger partial charge in [-0.25, -0.2) is 0 Å². The highest BCUT2D eigenvalue weighted by Crippen LogP contribution is 2.27. The third kappa shape index (κ3) is 5.44. The van der Waals surface area contributed by atoms with Crippen molar-refractivity contribution in [2.75, 3.05) is 13.1 Å². The summed E-state index contributed by atoms with van der Waals surface area (Å²) < 4.78 is 40.2. The molecule has 23 heavy (non-hydrogen) atoms. The average Bonchev–Trinajstić information content (AvgIpc) is 2.46. The molecule has 1 fully saturated rings. The maximum absolute atomic E-state index is 12.3. The van der Waals surface area contributed by atoms with Gasteiger partial charge in [0.05, 0.1) is 0 Å². The Balaban J connectivity index is 1.90. The Kier molecular flexibility index (Phi) is 5.55. The molecule has 128 valence electrons. The van der Waals surface area contributed by atoms with Gasteiger partial charge in [0, 0.05) is 19.5 Å². The molecule has 3 nitrogen and oxygen atoms in total. The predicted molar refractivity (Wildman–Crippen MR) is 81.1 cm³/mol. The lowest BCUT2D eigenvalue weighted by Crippen LogP contribution is -2.38. The minimum atomic E-state index is -4.69. The van der Waals surface area contributed by atoms with Crippen LogP contribution in [0.25, 0.3) is 0 Å². The summed E-state index contributed by atoms with van der Waals surface area (Å²) in [5, 5.41) is 0. The summed E-state index contributed by atoms with van der Waals surface area (Å²) in [5.41, 5.74) is 0.832. The van der Waals surface area contributed by atoms with E-state index < -0.39 is 6.36 Å². The molecule has 1 aliphatic heterocycles. The van der Waals surface area contributed by atoms with Gasteiger partial charge in [-0.1, -0.05) is 26.0 Å². The van der Waals surface area contributed by atoms with Crippen molar-refractivity contribution in [2.45, 2.75) is 45.4 Å². The molecule has 0 N–H and O–H groups in total. The van der Waals surface area contributed by atoms with Crippen LogP contribution in [0.3, 0.4) is 0 Å². The predicted octanol–water partition coefficient (Wildman–Crippen LogP) is 4.34. The maximum Gasteiger partial charge on any atom is 0.573 e. The molecule has 1 aromatic carbocycles. The lowest BCUT2D eigenvalue weighted by molar-refractivity contribution is -0.274. The van der Waals surface area contributed by atoms with Gasteiger partial charge in [0.1, 0.15) is 5.75 Å². The highest BCUT2D eigenvalue weighted by molar-refractivity contribution is 5.77. The average molecular weight is 329 g/mol. The van der Waals surface area contributed by atoms with E-state index in [1.807, 2.05) is 11.8 Å². The van der Waals surface area contributed by atoms with Crippen LogP contribution in [0, 0.1) is 5.92 Å². The number of carbonyl (C=O) groups is 1. The second-order valence-corrected chi connectivity index (χ2v) is 6.29. The molecule has 1 saturated heterocycles. The molecule has 0 bridgehead atoms. The van der Waals surface area contributed by atoms with Crippen molar-refractivity contribution in [3.8, 4) is 5.75 Å². The van der Waals surface area contributed by atoms with Gasteiger partial charge in [0.2, 0.25) is 5.91 Å². The van der Waals surface area contributed by atoms with Crippen molar-refractivity contribution in [2.24, 2.45) is 5.92 Å². The molecule has 0 spiro atoms. The number of rotatable bonds is 4. The number of ether oxygens (including phenoxy) is 1. The number of halogens is 3. The zero-order valence-corrected chi connectivity index (χ0v) is 13.4. The quantitative estimate of drug-likeness (QED) is 0.822. The van der Waals surface area contributed by atoms with E-state index in [-0.39, 0.29) is 17.6 Å². The molecule has 1 unspecified atom stereocenters. The minimum Gasteiger partial charge on any atom is -0.406 e. The second kappa shape index (κ2) is 7.23. The van der Waals surface area contributed by atoms with Crippen LogP contribution in [-0.4, -0.2) is 30.3 Å². The zero-order chi connectivity index (χ0) is 17.0. The molecule has 6 heteroatoms. The SMILES string of the molecule is CC1CCN(C(=O)CC(C)c2ccc(OC(F)(F)F)cc2)CC1. The Morgan fingerprint density at radius 3 is 2.35 bits per heavy atom. The molecular weight excluding hydrogens is 307 g/mol. The van der Waals surface area contributed by atoms with Crippen molar-refractivity contribution >= 4 is 5.91 Å². The van der Waals surface area contributed by atoms with Gasteiger partial charge >= 0.3 is 6.36 Å². The molecule has 0 aliphatic carbocycles. The van der Waals surface area contributed by atoms with Crippen LogP contribution in [0.5, 0.6) is 5.75 Å². The zero-order valence-electron chi connectivity index (χ0n) is 13.4. The van der Waals surface area contributed by atoms with Crippen LogP contribution in [0.1, 0.15) is 44.6 Å². The van der Waals surface area contributed by atoms with E-state index in [0.29, 0.717) is 12.3 Å². The van der Waals surface area contributed by atoms with E-state index in [1.165, 1.54) is 12.1 Å². The maximum atomic E-state index is 12.3. The lowest BCUT2D eigenvalue weighted by atomic mass is 9.95. The Hall–Kier alpha value is -1.72. The first-order valence-electron chi connectivity index (χ1n) is 7.88. The largest absolute Gasteiger partial charge is 0.573 e. The first-order valence-corrected chi connectivity index (χ1v) is 7.88. The van der Waals surface area contributed by atoms with Gasteiger partial charge < -0.3 is 9.64 Å². The fraction of sp³-hybridized carbons (Fsp3) is 0.588. The highest BCUT2D eigenvalue weighted by Gasteiger charge is 2.31. The summed E-state index contributed by atoms with van der Waals surface area (Å²) in [6.45, 7) is 5.69. The Morgan fingerprint density at radius 2 is 1.83 bits per heavy atom. The van der Waals surface area contributed by atoms with Crippen molar-refractivity contribution < 1.29 is 22.7 Å². The van der Waals surface area contributed by atoms with E-state index in [4.69, 9.17) is 0 Å². The third-order valence-corrected chi connectivity index (χ3v) is 4.30. The number of alkyl halides is 3. The Bertz CT molecular complexity index is 520. The second-order valence-electron chi connectivity index (χ2n) is 6.29. The van der Waals surface area contributed by atoms with Gasteiger partial charge in [-0.3, -0.25) is 4.79 Å². The molecule has 1 aliphatic rings. The number of likely N-dealkylation sites (tertiary alicyclic amines) is 1. The minimum absolute atomic E-state index is 0.0400. The number of benzene rings is 1. The normalized spacial score (nSPS) is 17.9. The summed E-state index contributed by atoms with van der Waals surface area (Å²) >= 11 is 0. The Labute approximate surface area is 134 Å². The number of piperidine rings is 1. The van der Waals surface area contributed by atoms with Crippen LogP contribution >= 0.6 is 0 Å². The summed E-state index contributed by atoms with van der Waals surface area (Å²) in [7, 11) is 0. The number of carbonyl (C=O) groups excluding carboxylic acids is 1. The molecule has 0 saturated carbocycles. The van der Waals surface area contributed by atoms with E-state index in [0.717, 1.165) is 31.5 Å². The van der Waals surface area contributed by atoms with E-state index >= 15 is 0 Å². The van der Waals surface area contributed by atoms with Gasteiger partial charge in [-0.2, -0.15) is 0 Å². The van der Waals surface area contributed by atoms with Crippen molar-refractivity contribution in [1.82, 2.24) is 4.90 Å². The smallest absolute Gasteiger partial charge is 0.406 e. The monoisotopic (exact) mass is 329 g/mol. The molecule has 1 atom stereocenters. The molecule has 2 rings (SSSR count). The third-order valence-electron chi connectivity index (χ3n) is 4.30. The summed E-state index contributed by atoms with van der Waals surface area (Å²) in [5.74, 6) is 0.490. The highest BCUT2D eigenvalue weighted by atomic mass is 19.4. The molecule has 0 radical (unpaired) electrons. The van der Waals surface area contributed by atoms with E-state index in [9.17, 15) is 18.0 Å². The Morgan fingerprint density at radius 1 is 1.26 bits per heavy atom. The summed E-state index contributed by atoms with van der Waals surface area (Å²) in [6, 6.07) is 5.73. The first-order chi connectivity index (χ1) is 10.7. The molecule has 1 amide bonds. The van der Waals surface area contributed by atoms with Gasteiger partial charge in [0.15, 0.2) is 0 Å². The molecule has 1 heterocycles. The molecule has 1 aromatic rings. The first kappa shape index (κ1) is 17.6. The topological polar surface area (TPSA) is 29.5 Å². The molecule has 0 aromatic heterocycles. The molecular formula is C17H22F3NO2. The number of nitrogens with zero attached hydrogens (tertiary/aromatic N) is 1. The van der Waals surface area contributed by atoms with Crippen molar-refractivity contribution in [3.05, 3.63) is 29.8 Å². The van der Waals surface area contributed by atoms with E-state index in [1.54, 1.807) is 12.1 Å². The van der Waals surface area contributed by atoms with Crippen LogP contribution in [0.15, 0.2) is 24.3 Å². The van der Waals surface area contributed by atoms with Crippen LogP contribution in [0.2, 0.25) is 0 Å². The van der Waals surface area contributed by atoms with Crippen molar-refractivity contribution in [3.63, 3.8) is 0 Å². The summed E-state index contributed by atoms with van der Waals surface area (Å²) in [4.78, 5) is 14.2. The standard InChI is InChI=1S/C17H22F3NO2/c1-12-7-9-21(10-8-12)16(22)11-13(2)14-3-5-15(6-4-14)23-17(18,19)20/h3-6,12-13H,7-11H2,1-2H3. The lowest BCUT2D eigenvalue weighted by Gasteiger charge is -2.31. The van der Waals surface area contributed by atoms with Crippen LogP contribution in [0.4, 0.5) is 13.2 Å². The number of hydrogen-bond donors (Lipinski definition) is 0. The van der Waals surface area contributed by atoms with Crippen LogP contribution < -0.4 is 4.74 Å². The van der Waals surface area contributed by atoms with Crippen LogP contribution in [-0.2, 0) is 4.79 Å². The van der Waals surface area contributed by atoms with Gasteiger partial charge in [0.25, 0.3) is 0 Å². The van der Waals surface area contributed by atoms with Crippen molar-refractivity contribution in [1.29, 1.82) is 0 Å². The fourth-order valence-electron chi connectivity index (χ4n) is 2.76. The van der Waals surface area contributed by atoms with E-state index in [2.05, 4.69) is 11.7 Å².